The van der Waals surface area contributed by atoms with E-state index in [1.54, 1.807) is 7.11 Å². The maximum absolute atomic E-state index is 9.52. The van der Waals surface area contributed by atoms with Crippen LogP contribution in [0.3, 0.4) is 0 Å². The predicted octanol–water partition coefficient (Wildman–Crippen LogP) is 2.59. The van der Waals surface area contributed by atoms with Crippen LogP contribution < -0.4 is 15.2 Å². The highest BCUT2D eigenvalue weighted by atomic mass is 16.5. The molecule has 1 aliphatic heterocycles. The summed E-state index contributed by atoms with van der Waals surface area (Å²) in [5, 5.41) is 9.52. The largest absolute Gasteiger partial charge is 0.497 e. The first-order valence-corrected chi connectivity index (χ1v) is 7.48. The van der Waals surface area contributed by atoms with Crippen LogP contribution in [-0.4, -0.2) is 17.1 Å². The molecule has 0 fully saturated rings. The first kappa shape index (κ1) is 15.0. The lowest BCUT2D eigenvalue weighted by Crippen LogP contribution is -2.21. The average Bonchev–Trinajstić information content (AvgIpc) is 2.95. The third-order valence-electron chi connectivity index (χ3n) is 3.83. The molecule has 3 rings (SSSR count). The molecule has 0 radical (unpaired) electrons. The molecule has 6 heteroatoms. The van der Waals surface area contributed by atoms with Crippen LogP contribution in [0, 0.1) is 11.3 Å². The quantitative estimate of drug-likeness (QED) is 0.904. The normalized spacial score (nSPS) is 16.5. The van der Waals surface area contributed by atoms with Crippen molar-refractivity contribution in [2.75, 3.05) is 7.11 Å². The van der Waals surface area contributed by atoms with Gasteiger partial charge in [0.1, 0.15) is 23.2 Å². The smallest absolute Gasteiger partial charge is 0.243 e. The molecule has 6 nitrogen and oxygen atoms in total. The summed E-state index contributed by atoms with van der Waals surface area (Å²) < 4.78 is 10.8. The standard InChI is InChI=1S/C17H18N4O2/c1-3-5-13-20-15-14(10-6-4-7-11(8-10)22-2)12(9-18)16(19)23-17(15)21-13/h4,6-8,14H,3,5,19H2,1-2H3,(H,20,21). The molecule has 0 aliphatic carbocycles. The maximum Gasteiger partial charge on any atom is 0.243 e. The van der Waals surface area contributed by atoms with Gasteiger partial charge in [-0.1, -0.05) is 19.1 Å². The molecule has 1 aromatic carbocycles. The molecule has 0 spiro atoms. The zero-order chi connectivity index (χ0) is 16.4. The van der Waals surface area contributed by atoms with Gasteiger partial charge in [-0.3, -0.25) is 0 Å². The Morgan fingerprint density at radius 3 is 3.00 bits per heavy atom. The van der Waals surface area contributed by atoms with Crippen LogP contribution in [0.25, 0.3) is 0 Å². The molecule has 2 aromatic rings. The lowest BCUT2D eigenvalue weighted by molar-refractivity contribution is 0.379. The van der Waals surface area contributed by atoms with Crippen molar-refractivity contribution < 1.29 is 9.47 Å². The Balaban J connectivity index is 2.14. The number of nitrogens with zero attached hydrogens (tertiary/aromatic N) is 2. The molecule has 0 saturated carbocycles. The minimum absolute atomic E-state index is 0.0994. The summed E-state index contributed by atoms with van der Waals surface area (Å²) >= 11 is 0. The number of imidazole rings is 1. The number of aromatic amines is 1. The van der Waals surface area contributed by atoms with Gasteiger partial charge in [0.25, 0.3) is 0 Å². The molecule has 23 heavy (non-hydrogen) atoms. The van der Waals surface area contributed by atoms with E-state index in [9.17, 15) is 5.26 Å². The fraction of sp³-hybridized carbons (Fsp3) is 0.294. The van der Waals surface area contributed by atoms with Crippen molar-refractivity contribution >= 4 is 0 Å². The molecule has 0 bridgehead atoms. The minimum Gasteiger partial charge on any atom is -0.497 e. The fourth-order valence-electron chi connectivity index (χ4n) is 2.77. The summed E-state index contributed by atoms with van der Waals surface area (Å²) in [6, 6.07) is 9.74. The third kappa shape index (κ3) is 2.61. The second-order valence-corrected chi connectivity index (χ2v) is 5.35. The average molecular weight is 310 g/mol. The summed E-state index contributed by atoms with van der Waals surface area (Å²) in [6.45, 7) is 2.08. The molecule has 2 heterocycles. The number of hydrogen-bond acceptors (Lipinski definition) is 5. The Hall–Kier alpha value is -2.94. The number of aromatic nitrogens is 2. The predicted molar refractivity (Wildman–Crippen MR) is 84.9 cm³/mol. The van der Waals surface area contributed by atoms with Crippen LogP contribution in [0.1, 0.15) is 36.3 Å². The van der Waals surface area contributed by atoms with Crippen LogP contribution in [-0.2, 0) is 6.42 Å². The third-order valence-corrected chi connectivity index (χ3v) is 3.83. The van der Waals surface area contributed by atoms with E-state index in [-0.39, 0.29) is 11.8 Å². The topological polar surface area (TPSA) is 97.0 Å². The number of nitrogens with two attached hydrogens (primary N) is 1. The van der Waals surface area contributed by atoms with Gasteiger partial charge in [-0.2, -0.15) is 10.2 Å². The first-order valence-electron chi connectivity index (χ1n) is 7.48. The van der Waals surface area contributed by atoms with Crippen molar-refractivity contribution in [1.82, 2.24) is 9.97 Å². The van der Waals surface area contributed by atoms with Gasteiger partial charge in [-0.05, 0) is 24.1 Å². The van der Waals surface area contributed by atoms with E-state index < -0.39 is 0 Å². The number of rotatable bonds is 4. The zero-order valence-electron chi connectivity index (χ0n) is 13.1. The second kappa shape index (κ2) is 6.05. The molecule has 1 aliphatic rings. The molecule has 0 amide bonds. The van der Waals surface area contributed by atoms with Crippen molar-refractivity contribution in [3.8, 4) is 17.7 Å². The molecular weight excluding hydrogens is 292 g/mol. The molecule has 1 atom stereocenters. The van der Waals surface area contributed by atoms with Gasteiger partial charge in [0, 0.05) is 6.42 Å². The summed E-state index contributed by atoms with van der Waals surface area (Å²) in [7, 11) is 1.61. The number of methoxy groups -OCH3 is 1. The van der Waals surface area contributed by atoms with E-state index in [0.717, 1.165) is 35.7 Å². The Morgan fingerprint density at radius 1 is 1.48 bits per heavy atom. The van der Waals surface area contributed by atoms with E-state index in [1.165, 1.54) is 0 Å². The van der Waals surface area contributed by atoms with Gasteiger partial charge in [-0.15, -0.1) is 0 Å². The molecular formula is C17H18N4O2. The highest BCUT2D eigenvalue weighted by molar-refractivity contribution is 5.52. The van der Waals surface area contributed by atoms with Gasteiger partial charge >= 0.3 is 0 Å². The Morgan fingerprint density at radius 2 is 2.30 bits per heavy atom. The molecule has 1 aromatic heterocycles. The van der Waals surface area contributed by atoms with E-state index in [4.69, 9.17) is 15.2 Å². The maximum atomic E-state index is 9.52. The van der Waals surface area contributed by atoms with Crippen LogP contribution in [0.2, 0.25) is 0 Å². The number of allylic oxidation sites excluding steroid dienone is 1. The lowest BCUT2D eigenvalue weighted by atomic mass is 9.88. The Labute approximate surface area is 134 Å². The SMILES string of the molecule is CCCc1nc2c([nH]1)C(c1cccc(OC)c1)C(C#N)=C(N)O2. The highest BCUT2D eigenvalue weighted by Crippen LogP contribution is 2.41. The number of aryl methyl sites for hydroxylation is 1. The fourth-order valence-corrected chi connectivity index (χ4v) is 2.77. The van der Waals surface area contributed by atoms with Crippen LogP contribution in [0.5, 0.6) is 11.6 Å². The number of nitriles is 1. The van der Waals surface area contributed by atoms with E-state index in [2.05, 4.69) is 23.0 Å². The minimum atomic E-state index is -0.336. The van der Waals surface area contributed by atoms with Crippen molar-refractivity contribution in [3.05, 3.63) is 52.8 Å². The summed E-state index contributed by atoms with van der Waals surface area (Å²) in [5.41, 5.74) is 7.97. The summed E-state index contributed by atoms with van der Waals surface area (Å²) in [5.74, 6) is 1.76. The molecule has 118 valence electrons. The number of fused-ring (bicyclic) bond motifs is 1. The molecule has 3 N–H and O–H groups in total. The lowest BCUT2D eigenvalue weighted by Gasteiger charge is -2.22. The monoisotopic (exact) mass is 310 g/mol. The second-order valence-electron chi connectivity index (χ2n) is 5.35. The van der Waals surface area contributed by atoms with Crippen molar-refractivity contribution in [3.63, 3.8) is 0 Å². The number of benzene rings is 1. The van der Waals surface area contributed by atoms with E-state index in [1.807, 2.05) is 24.3 Å². The van der Waals surface area contributed by atoms with Gasteiger partial charge in [0.2, 0.25) is 11.8 Å². The number of nitrogens with one attached hydrogen (secondary N) is 1. The van der Waals surface area contributed by atoms with Crippen LogP contribution in [0.4, 0.5) is 0 Å². The van der Waals surface area contributed by atoms with E-state index >= 15 is 0 Å². The van der Waals surface area contributed by atoms with Gasteiger partial charge in [0.15, 0.2) is 0 Å². The number of H-pyrrole nitrogens is 1. The van der Waals surface area contributed by atoms with Crippen LogP contribution >= 0.6 is 0 Å². The highest BCUT2D eigenvalue weighted by Gasteiger charge is 2.33. The van der Waals surface area contributed by atoms with Gasteiger partial charge in [0.05, 0.1) is 18.7 Å². The Kier molecular flexibility index (Phi) is 3.94. The first-order chi connectivity index (χ1) is 11.2. The van der Waals surface area contributed by atoms with Crippen molar-refractivity contribution in [2.45, 2.75) is 25.7 Å². The van der Waals surface area contributed by atoms with Crippen LogP contribution in [0.15, 0.2) is 35.7 Å². The summed E-state index contributed by atoms with van der Waals surface area (Å²) in [4.78, 5) is 7.73. The van der Waals surface area contributed by atoms with Gasteiger partial charge < -0.3 is 20.2 Å². The van der Waals surface area contributed by atoms with Crippen molar-refractivity contribution in [2.24, 2.45) is 5.73 Å². The van der Waals surface area contributed by atoms with Crippen molar-refractivity contribution in [1.29, 1.82) is 5.26 Å². The van der Waals surface area contributed by atoms with E-state index in [0.29, 0.717) is 11.5 Å². The zero-order valence-corrected chi connectivity index (χ0v) is 13.1. The molecule has 0 saturated heterocycles. The summed E-state index contributed by atoms with van der Waals surface area (Å²) in [6.07, 6.45) is 1.77. The Bertz CT molecular complexity index is 801. The number of ether oxygens (including phenoxy) is 2. The molecule has 1 unspecified atom stereocenters. The van der Waals surface area contributed by atoms with Gasteiger partial charge in [-0.25, -0.2) is 0 Å². The number of hydrogen-bond donors (Lipinski definition) is 2.